The lowest BCUT2D eigenvalue weighted by molar-refractivity contribution is 0.309. The lowest BCUT2D eigenvalue weighted by atomic mass is 9.98. The van der Waals surface area contributed by atoms with Crippen LogP contribution < -0.4 is 4.74 Å². The molecule has 3 aromatic rings. The number of benzene rings is 2. The van der Waals surface area contributed by atoms with E-state index in [1.807, 2.05) is 24.3 Å². The van der Waals surface area contributed by atoms with Gasteiger partial charge in [-0.1, -0.05) is 31.5 Å². The molecular weight excluding hydrogens is 291 g/mol. The number of imidazole rings is 1. The van der Waals surface area contributed by atoms with Crippen molar-refractivity contribution in [2.75, 3.05) is 6.61 Å². The predicted molar refractivity (Wildman–Crippen MR) is 89.8 cm³/mol. The maximum Gasteiger partial charge on any atom is 0.138 e. The standard InChI is InChI=1S/C19H19FN2O/c1-2-3-12-23-14-8-9-15(16-6-4-5-7-18(16)20)17(13-14)19-21-10-11-22-19/h4-11,13H,2-3,12H2,1H3,(H,21,22). The highest BCUT2D eigenvalue weighted by atomic mass is 19.1. The maximum atomic E-state index is 14.2. The summed E-state index contributed by atoms with van der Waals surface area (Å²) >= 11 is 0. The number of halogens is 1. The van der Waals surface area contributed by atoms with Crippen LogP contribution in [0.1, 0.15) is 19.8 Å². The smallest absolute Gasteiger partial charge is 0.138 e. The monoisotopic (exact) mass is 310 g/mol. The Morgan fingerprint density at radius 2 is 1.96 bits per heavy atom. The highest BCUT2D eigenvalue weighted by Gasteiger charge is 2.14. The van der Waals surface area contributed by atoms with Crippen molar-refractivity contribution in [1.82, 2.24) is 9.97 Å². The van der Waals surface area contributed by atoms with Crippen molar-refractivity contribution in [3.05, 3.63) is 60.7 Å². The van der Waals surface area contributed by atoms with Crippen molar-refractivity contribution in [3.8, 4) is 28.3 Å². The fraction of sp³-hybridized carbons (Fsp3) is 0.211. The average molecular weight is 310 g/mol. The van der Waals surface area contributed by atoms with Crippen LogP contribution in [0.2, 0.25) is 0 Å². The molecule has 23 heavy (non-hydrogen) atoms. The minimum atomic E-state index is -0.250. The van der Waals surface area contributed by atoms with Gasteiger partial charge >= 0.3 is 0 Å². The van der Waals surface area contributed by atoms with Crippen LogP contribution in [-0.2, 0) is 0 Å². The molecule has 2 aromatic carbocycles. The number of unbranched alkanes of at least 4 members (excludes halogenated alkanes) is 1. The second-order valence-electron chi connectivity index (χ2n) is 5.33. The van der Waals surface area contributed by atoms with Crippen LogP contribution in [0.5, 0.6) is 5.75 Å². The first-order chi connectivity index (χ1) is 11.3. The molecule has 1 aromatic heterocycles. The molecule has 3 rings (SSSR count). The van der Waals surface area contributed by atoms with E-state index >= 15 is 0 Å². The fourth-order valence-corrected chi connectivity index (χ4v) is 2.47. The first kappa shape index (κ1) is 15.3. The highest BCUT2D eigenvalue weighted by Crippen LogP contribution is 2.34. The third-order valence-electron chi connectivity index (χ3n) is 3.68. The number of aromatic nitrogens is 2. The van der Waals surface area contributed by atoms with E-state index in [2.05, 4.69) is 16.9 Å². The molecule has 0 aliphatic heterocycles. The van der Waals surface area contributed by atoms with Crippen LogP contribution >= 0.6 is 0 Å². The molecule has 0 aliphatic carbocycles. The van der Waals surface area contributed by atoms with Crippen LogP contribution in [0, 0.1) is 5.82 Å². The lowest BCUT2D eigenvalue weighted by Crippen LogP contribution is -1.98. The number of hydrogen-bond acceptors (Lipinski definition) is 2. The van der Waals surface area contributed by atoms with Gasteiger partial charge in [0.25, 0.3) is 0 Å². The van der Waals surface area contributed by atoms with Crippen molar-refractivity contribution in [3.63, 3.8) is 0 Å². The second kappa shape index (κ2) is 7.09. The van der Waals surface area contributed by atoms with Gasteiger partial charge in [0.2, 0.25) is 0 Å². The number of rotatable bonds is 6. The Kier molecular flexibility index (Phi) is 4.71. The van der Waals surface area contributed by atoms with Gasteiger partial charge in [-0.2, -0.15) is 0 Å². The molecule has 0 atom stereocenters. The molecule has 1 heterocycles. The molecule has 1 N–H and O–H groups in total. The molecule has 0 radical (unpaired) electrons. The molecule has 118 valence electrons. The van der Waals surface area contributed by atoms with Crippen LogP contribution in [-0.4, -0.2) is 16.6 Å². The summed E-state index contributed by atoms with van der Waals surface area (Å²) in [5, 5.41) is 0. The van der Waals surface area contributed by atoms with E-state index in [-0.39, 0.29) is 5.82 Å². The summed E-state index contributed by atoms with van der Waals surface area (Å²) in [6, 6.07) is 12.4. The number of nitrogens with one attached hydrogen (secondary N) is 1. The van der Waals surface area contributed by atoms with E-state index in [1.54, 1.807) is 24.5 Å². The summed E-state index contributed by atoms with van der Waals surface area (Å²) in [5.74, 6) is 1.22. The van der Waals surface area contributed by atoms with Gasteiger partial charge in [0.15, 0.2) is 0 Å². The van der Waals surface area contributed by atoms with E-state index in [0.29, 0.717) is 18.0 Å². The van der Waals surface area contributed by atoms with Gasteiger partial charge in [0.05, 0.1) is 6.61 Å². The summed E-state index contributed by atoms with van der Waals surface area (Å²) < 4.78 is 20.0. The van der Waals surface area contributed by atoms with Crippen molar-refractivity contribution >= 4 is 0 Å². The van der Waals surface area contributed by atoms with Crippen LogP contribution in [0.3, 0.4) is 0 Å². The highest BCUT2D eigenvalue weighted by molar-refractivity contribution is 5.81. The number of ether oxygens (including phenoxy) is 1. The zero-order valence-corrected chi connectivity index (χ0v) is 13.1. The average Bonchev–Trinajstić information content (AvgIpc) is 3.10. The molecule has 0 bridgehead atoms. The Balaban J connectivity index is 2.04. The quantitative estimate of drug-likeness (QED) is 0.646. The largest absolute Gasteiger partial charge is 0.494 e. The van der Waals surface area contributed by atoms with Gasteiger partial charge in [-0.25, -0.2) is 9.37 Å². The second-order valence-corrected chi connectivity index (χ2v) is 5.33. The Labute approximate surface area is 135 Å². The van der Waals surface area contributed by atoms with Crippen molar-refractivity contribution in [1.29, 1.82) is 0 Å². The van der Waals surface area contributed by atoms with Gasteiger partial charge in [0, 0.05) is 23.5 Å². The molecule has 0 saturated carbocycles. The van der Waals surface area contributed by atoms with Gasteiger partial charge in [0.1, 0.15) is 17.4 Å². The normalized spacial score (nSPS) is 10.7. The summed E-state index contributed by atoms with van der Waals surface area (Å²) in [7, 11) is 0. The first-order valence-electron chi connectivity index (χ1n) is 7.81. The van der Waals surface area contributed by atoms with Crippen molar-refractivity contribution < 1.29 is 9.13 Å². The number of nitrogens with zero attached hydrogens (tertiary/aromatic N) is 1. The molecule has 0 fully saturated rings. The van der Waals surface area contributed by atoms with E-state index in [1.165, 1.54) is 6.07 Å². The maximum absolute atomic E-state index is 14.2. The third kappa shape index (κ3) is 3.42. The van der Waals surface area contributed by atoms with E-state index in [9.17, 15) is 4.39 Å². The van der Waals surface area contributed by atoms with Gasteiger partial charge in [-0.05, 0) is 36.2 Å². The number of H-pyrrole nitrogens is 1. The molecule has 0 aliphatic rings. The molecule has 0 spiro atoms. The molecule has 4 heteroatoms. The Morgan fingerprint density at radius 1 is 1.09 bits per heavy atom. The molecular formula is C19H19FN2O. The minimum Gasteiger partial charge on any atom is -0.494 e. The molecule has 3 nitrogen and oxygen atoms in total. The van der Waals surface area contributed by atoms with Gasteiger partial charge in [-0.15, -0.1) is 0 Å². The van der Waals surface area contributed by atoms with Gasteiger partial charge in [-0.3, -0.25) is 0 Å². The Morgan fingerprint density at radius 3 is 2.70 bits per heavy atom. The van der Waals surface area contributed by atoms with Crippen molar-refractivity contribution in [2.45, 2.75) is 19.8 Å². The zero-order chi connectivity index (χ0) is 16.1. The summed E-state index contributed by atoms with van der Waals surface area (Å²) in [6.07, 6.45) is 5.53. The van der Waals surface area contributed by atoms with E-state index in [0.717, 1.165) is 29.7 Å². The number of hydrogen-bond donors (Lipinski definition) is 1. The van der Waals surface area contributed by atoms with Crippen LogP contribution in [0.15, 0.2) is 54.9 Å². The first-order valence-corrected chi connectivity index (χ1v) is 7.81. The lowest BCUT2D eigenvalue weighted by Gasteiger charge is -2.12. The fourth-order valence-electron chi connectivity index (χ4n) is 2.47. The molecule has 0 unspecified atom stereocenters. The Bertz CT molecular complexity index is 769. The summed E-state index contributed by atoms with van der Waals surface area (Å²) in [6.45, 7) is 2.80. The number of aromatic amines is 1. The predicted octanol–water partition coefficient (Wildman–Crippen LogP) is 5.06. The minimum absolute atomic E-state index is 0.250. The molecule has 0 saturated heterocycles. The molecule has 0 amide bonds. The van der Waals surface area contributed by atoms with E-state index < -0.39 is 0 Å². The van der Waals surface area contributed by atoms with E-state index in [4.69, 9.17) is 4.74 Å². The SMILES string of the molecule is CCCCOc1ccc(-c2ccccc2F)c(-c2ncc[nH]2)c1. The van der Waals surface area contributed by atoms with Crippen LogP contribution in [0.25, 0.3) is 22.5 Å². The summed E-state index contributed by atoms with van der Waals surface area (Å²) in [5.41, 5.74) is 2.17. The third-order valence-corrected chi connectivity index (χ3v) is 3.68. The van der Waals surface area contributed by atoms with Crippen LogP contribution in [0.4, 0.5) is 4.39 Å². The zero-order valence-electron chi connectivity index (χ0n) is 13.1. The topological polar surface area (TPSA) is 37.9 Å². The van der Waals surface area contributed by atoms with Gasteiger partial charge < -0.3 is 9.72 Å². The summed E-state index contributed by atoms with van der Waals surface area (Å²) in [4.78, 5) is 7.39. The Hall–Kier alpha value is -2.62. The van der Waals surface area contributed by atoms with Crippen molar-refractivity contribution in [2.24, 2.45) is 0 Å².